The summed E-state index contributed by atoms with van der Waals surface area (Å²) >= 11 is 1.70. The molecule has 0 fully saturated rings. The van der Waals surface area contributed by atoms with Gasteiger partial charge in [0.15, 0.2) is 0 Å². The average Bonchev–Trinajstić information content (AvgIpc) is 2.96. The first-order valence-corrected chi connectivity index (χ1v) is 8.92. The third-order valence-electron chi connectivity index (χ3n) is 4.05. The summed E-state index contributed by atoms with van der Waals surface area (Å²) in [6.07, 6.45) is 7.47. The molecule has 2 radical (unpaired) electrons. The summed E-state index contributed by atoms with van der Waals surface area (Å²) < 4.78 is 1.06. The molecule has 0 saturated heterocycles. The van der Waals surface area contributed by atoms with Gasteiger partial charge >= 0.3 is 0 Å². The monoisotopic (exact) mass is 314 g/mol. The van der Waals surface area contributed by atoms with Crippen LogP contribution in [0.5, 0.6) is 0 Å². The molecule has 5 heteroatoms. The first-order chi connectivity index (χ1) is 10.7. The van der Waals surface area contributed by atoms with Gasteiger partial charge < -0.3 is 5.23 Å². The highest BCUT2D eigenvalue weighted by atomic mass is 32.1. The first-order valence-electron chi connectivity index (χ1n) is 8.11. The number of rotatable bonds is 8. The van der Waals surface area contributed by atoms with Crippen LogP contribution in [0.3, 0.4) is 0 Å². The highest BCUT2D eigenvalue weighted by molar-refractivity contribution is 7.18. The van der Waals surface area contributed by atoms with Gasteiger partial charge in [0.2, 0.25) is 13.9 Å². The van der Waals surface area contributed by atoms with Crippen LogP contribution in [0.1, 0.15) is 73.7 Å². The van der Waals surface area contributed by atoms with Crippen molar-refractivity contribution in [3.05, 3.63) is 28.8 Å². The van der Waals surface area contributed by atoms with Gasteiger partial charge in [-0.3, -0.25) is 4.79 Å². The van der Waals surface area contributed by atoms with Gasteiger partial charge in [0, 0.05) is 11.5 Å². The summed E-state index contributed by atoms with van der Waals surface area (Å²) in [6, 6.07) is 5.56. The van der Waals surface area contributed by atoms with E-state index >= 15 is 0 Å². The van der Waals surface area contributed by atoms with Gasteiger partial charge in [-0.1, -0.05) is 39.5 Å². The van der Waals surface area contributed by atoms with Gasteiger partial charge in [-0.25, -0.2) is 4.98 Å². The largest absolute Gasteiger partial charge is 0.405 e. The number of hydrogen-bond acceptors (Lipinski definition) is 3. The Bertz CT molecular complexity index is 626. The van der Waals surface area contributed by atoms with Gasteiger partial charge in [-0.2, -0.15) is 0 Å². The highest BCUT2D eigenvalue weighted by Gasteiger charge is 2.15. The summed E-state index contributed by atoms with van der Waals surface area (Å²) in [5.41, 5.74) is 1.56. The van der Waals surface area contributed by atoms with Crippen LogP contribution in [0.25, 0.3) is 10.2 Å². The van der Waals surface area contributed by atoms with E-state index in [-0.39, 0.29) is 5.91 Å². The van der Waals surface area contributed by atoms with Crippen molar-refractivity contribution in [3.63, 3.8) is 0 Å². The molecule has 3 nitrogen and oxygen atoms in total. The Balaban J connectivity index is 2.14. The van der Waals surface area contributed by atoms with Crippen molar-refractivity contribution < 1.29 is 4.79 Å². The first kappa shape index (κ1) is 17.0. The number of nitrogens with zero attached hydrogens (tertiary/aromatic N) is 1. The lowest BCUT2D eigenvalue weighted by molar-refractivity contribution is 0.0981. The number of unbranched alkanes of at least 4 members (excludes halogenated alkanes) is 3. The predicted molar refractivity (Wildman–Crippen MR) is 94.6 cm³/mol. The van der Waals surface area contributed by atoms with Crippen LogP contribution >= 0.6 is 11.3 Å². The molecule has 2 aromatic rings. The molecule has 0 aliphatic carbocycles. The number of amides is 1. The van der Waals surface area contributed by atoms with Crippen molar-refractivity contribution in [1.82, 2.24) is 10.2 Å². The zero-order valence-electron chi connectivity index (χ0n) is 13.4. The van der Waals surface area contributed by atoms with Crippen molar-refractivity contribution in [2.45, 2.75) is 58.3 Å². The van der Waals surface area contributed by atoms with Gasteiger partial charge in [0.05, 0.1) is 15.2 Å². The molecule has 1 N–H and O–H groups in total. The minimum absolute atomic E-state index is 0.261. The van der Waals surface area contributed by atoms with Crippen LogP contribution in [0, 0.1) is 0 Å². The Kier molecular flexibility index (Phi) is 6.43. The van der Waals surface area contributed by atoms with Crippen LogP contribution in [-0.2, 0) is 0 Å². The van der Waals surface area contributed by atoms with Crippen LogP contribution in [-0.4, -0.2) is 18.9 Å². The second-order valence-corrected chi connectivity index (χ2v) is 6.72. The lowest BCUT2D eigenvalue weighted by Crippen LogP contribution is -2.19. The second kappa shape index (κ2) is 8.32. The molecule has 116 valence electrons. The molecule has 1 amide bonds. The normalized spacial score (nSPS) is 12.5. The molecule has 1 unspecified atom stereocenters. The fourth-order valence-corrected chi connectivity index (χ4v) is 3.89. The van der Waals surface area contributed by atoms with Crippen LogP contribution < -0.4 is 5.23 Å². The minimum atomic E-state index is -0.261. The molecule has 2 rings (SSSR count). The van der Waals surface area contributed by atoms with Crippen molar-refractivity contribution in [2.24, 2.45) is 0 Å². The number of aromatic nitrogens is 1. The summed E-state index contributed by atoms with van der Waals surface area (Å²) in [4.78, 5) is 16.4. The fraction of sp³-hybridized carbons (Fsp3) is 0.529. The molecule has 0 aliphatic rings. The summed E-state index contributed by atoms with van der Waals surface area (Å²) in [7, 11) is 5.19. The smallest absolute Gasteiger partial charge is 0.238 e. The molecule has 1 aromatic carbocycles. The number of nitrogens with one attached hydrogen (secondary N) is 1. The molecule has 1 aromatic heterocycles. The number of hydrogen-bond donors (Lipinski definition) is 1. The lowest BCUT2D eigenvalue weighted by atomic mass is 9.99. The molecular weight excluding hydrogens is 291 g/mol. The molecule has 1 atom stereocenters. The van der Waals surface area contributed by atoms with Crippen molar-refractivity contribution in [1.29, 1.82) is 0 Å². The average molecular weight is 314 g/mol. The lowest BCUT2D eigenvalue weighted by Gasteiger charge is -2.11. The van der Waals surface area contributed by atoms with Crippen LogP contribution in [0.2, 0.25) is 0 Å². The maximum absolute atomic E-state index is 11.6. The van der Waals surface area contributed by atoms with Crippen molar-refractivity contribution in [3.8, 4) is 0 Å². The summed E-state index contributed by atoms with van der Waals surface area (Å²) in [5.74, 6) is 0.268. The number of benzene rings is 1. The van der Waals surface area contributed by atoms with E-state index in [9.17, 15) is 4.79 Å². The highest BCUT2D eigenvalue weighted by Crippen LogP contribution is 2.33. The van der Waals surface area contributed by atoms with Crippen molar-refractivity contribution in [2.75, 3.05) is 0 Å². The third kappa shape index (κ3) is 4.10. The maximum atomic E-state index is 11.6. The zero-order chi connectivity index (χ0) is 15.9. The van der Waals surface area contributed by atoms with E-state index in [1.807, 2.05) is 12.1 Å². The topological polar surface area (TPSA) is 42.0 Å². The van der Waals surface area contributed by atoms with Gasteiger partial charge in [-0.05, 0) is 31.0 Å². The summed E-state index contributed by atoms with van der Waals surface area (Å²) in [5, 5.41) is 3.37. The number of fused-ring (bicyclic) bond motifs is 1. The molecule has 0 bridgehead atoms. The molecular formula is C17H23BN2OS. The van der Waals surface area contributed by atoms with Gasteiger partial charge in [0.25, 0.3) is 0 Å². The Morgan fingerprint density at radius 1 is 1.32 bits per heavy atom. The molecule has 1 heterocycles. The number of thiazole rings is 1. The van der Waals surface area contributed by atoms with Crippen LogP contribution in [0.4, 0.5) is 0 Å². The Morgan fingerprint density at radius 2 is 2.14 bits per heavy atom. The molecule has 0 spiro atoms. The Morgan fingerprint density at radius 3 is 2.82 bits per heavy atom. The van der Waals surface area contributed by atoms with Crippen molar-refractivity contribution >= 4 is 35.4 Å². The maximum Gasteiger partial charge on any atom is 0.238 e. The zero-order valence-corrected chi connectivity index (χ0v) is 14.2. The van der Waals surface area contributed by atoms with Gasteiger partial charge in [0.1, 0.15) is 0 Å². The van der Waals surface area contributed by atoms with E-state index in [4.69, 9.17) is 13.0 Å². The van der Waals surface area contributed by atoms with E-state index in [1.165, 1.54) is 37.1 Å². The molecule has 0 saturated carbocycles. The van der Waals surface area contributed by atoms with E-state index in [2.05, 4.69) is 19.1 Å². The fourth-order valence-electron chi connectivity index (χ4n) is 2.66. The minimum Gasteiger partial charge on any atom is -0.405 e. The quantitative estimate of drug-likeness (QED) is 0.572. The second-order valence-electron chi connectivity index (χ2n) is 5.66. The van der Waals surface area contributed by atoms with Gasteiger partial charge in [-0.15, -0.1) is 11.3 Å². The number of carbonyl (C=O) groups is 1. The van der Waals surface area contributed by atoms with E-state index in [1.54, 1.807) is 17.4 Å². The van der Waals surface area contributed by atoms with E-state index in [0.717, 1.165) is 16.6 Å². The Hall–Kier alpha value is -1.36. The van der Waals surface area contributed by atoms with E-state index < -0.39 is 0 Å². The standard InChI is InChI=1S/C17H23BN2OS/c1-3-5-6-7-8-12(4-2)17-19-14-10-9-13(16(21)20-18)11-15(14)22-17/h9-12H,3-8H2,1-2H3,(H,20,21). The molecule has 22 heavy (non-hydrogen) atoms. The SMILES string of the molecule is [B]NC(=O)c1ccc2nc(C(CC)CCCCCC)sc2c1. The number of carbonyl (C=O) groups excluding carboxylic acids is 1. The molecule has 0 aliphatic heterocycles. The third-order valence-corrected chi connectivity index (χ3v) is 5.23. The Labute approximate surface area is 138 Å². The predicted octanol–water partition coefficient (Wildman–Crippen LogP) is 4.57. The van der Waals surface area contributed by atoms with Crippen LogP contribution in [0.15, 0.2) is 18.2 Å². The summed E-state index contributed by atoms with van der Waals surface area (Å²) in [6.45, 7) is 4.46. The van der Waals surface area contributed by atoms with E-state index in [0.29, 0.717) is 11.5 Å².